The average Bonchev–Trinajstić information content (AvgIpc) is 2.34. The average molecular weight is 252 g/mol. The lowest BCUT2D eigenvalue weighted by molar-refractivity contribution is 0.614. The third-order valence-corrected chi connectivity index (χ3v) is 4.58. The molecule has 1 fully saturated rings. The van der Waals surface area contributed by atoms with Gasteiger partial charge in [0.2, 0.25) is 0 Å². The SMILES string of the molecule is CNCc1ccc(N2CCSC(C)C2C)nn1. The van der Waals surface area contributed by atoms with Gasteiger partial charge < -0.3 is 10.2 Å². The van der Waals surface area contributed by atoms with Crippen LogP contribution in [0.1, 0.15) is 19.5 Å². The second-order valence-electron chi connectivity index (χ2n) is 4.42. The summed E-state index contributed by atoms with van der Waals surface area (Å²) in [6.45, 7) is 6.38. The first kappa shape index (κ1) is 12.6. The van der Waals surface area contributed by atoms with Gasteiger partial charge >= 0.3 is 0 Å². The van der Waals surface area contributed by atoms with Gasteiger partial charge in [0, 0.05) is 30.1 Å². The number of thioether (sulfide) groups is 1. The zero-order valence-electron chi connectivity index (χ0n) is 10.7. The molecule has 0 aliphatic carbocycles. The van der Waals surface area contributed by atoms with E-state index in [1.54, 1.807) is 0 Å². The van der Waals surface area contributed by atoms with Crippen LogP contribution in [0, 0.1) is 0 Å². The van der Waals surface area contributed by atoms with Crippen LogP contribution >= 0.6 is 11.8 Å². The van der Waals surface area contributed by atoms with Crippen LogP contribution < -0.4 is 10.2 Å². The Balaban J connectivity index is 2.10. The molecule has 2 unspecified atom stereocenters. The van der Waals surface area contributed by atoms with Gasteiger partial charge in [0.25, 0.3) is 0 Å². The quantitative estimate of drug-likeness (QED) is 0.883. The molecule has 1 N–H and O–H groups in total. The van der Waals surface area contributed by atoms with Crippen molar-refractivity contribution in [3.63, 3.8) is 0 Å². The summed E-state index contributed by atoms with van der Waals surface area (Å²) in [5.41, 5.74) is 0.989. The number of anilines is 1. The lowest BCUT2D eigenvalue weighted by Crippen LogP contribution is -2.45. The van der Waals surface area contributed by atoms with E-state index in [1.165, 1.54) is 5.75 Å². The summed E-state index contributed by atoms with van der Waals surface area (Å²) in [6, 6.07) is 4.66. The van der Waals surface area contributed by atoms with Crippen LogP contribution in [0.2, 0.25) is 0 Å². The first-order chi connectivity index (χ1) is 8.22. The summed E-state index contributed by atoms with van der Waals surface area (Å²) >= 11 is 2.04. The Morgan fingerprint density at radius 2 is 2.24 bits per heavy atom. The Morgan fingerprint density at radius 3 is 2.88 bits per heavy atom. The smallest absolute Gasteiger partial charge is 0.151 e. The minimum atomic E-state index is 0.526. The standard InChI is InChI=1S/C12H20N4S/c1-9-10(2)17-7-6-16(9)12-5-4-11(8-13-3)14-15-12/h4-5,9-10,13H,6-8H2,1-3H3. The van der Waals surface area contributed by atoms with Gasteiger partial charge in [-0.3, -0.25) is 0 Å². The van der Waals surface area contributed by atoms with E-state index in [4.69, 9.17) is 0 Å². The van der Waals surface area contributed by atoms with Crippen molar-refractivity contribution in [3.05, 3.63) is 17.8 Å². The molecule has 1 aromatic rings. The monoisotopic (exact) mass is 252 g/mol. The minimum Gasteiger partial charge on any atom is -0.350 e. The molecule has 5 heteroatoms. The van der Waals surface area contributed by atoms with Crippen molar-refractivity contribution in [2.45, 2.75) is 31.7 Å². The van der Waals surface area contributed by atoms with E-state index in [-0.39, 0.29) is 0 Å². The van der Waals surface area contributed by atoms with Crippen molar-refractivity contribution in [2.24, 2.45) is 0 Å². The van der Waals surface area contributed by atoms with Crippen molar-refractivity contribution in [3.8, 4) is 0 Å². The highest BCUT2D eigenvalue weighted by Gasteiger charge is 2.26. The van der Waals surface area contributed by atoms with E-state index in [1.807, 2.05) is 18.8 Å². The number of nitrogens with zero attached hydrogens (tertiary/aromatic N) is 3. The highest BCUT2D eigenvalue weighted by molar-refractivity contribution is 8.00. The van der Waals surface area contributed by atoms with Crippen LogP contribution in [-0.4, -0.2) is 40.8 Å². The predicted octanol–water partition coefficient (Wildman–Crippen LogP) is 1.53. The van der Waals surface area contributed by atoms with Gasteiger partial charge in [-0.25, -0.2) is 0 Å². The maximum Gasteiger partial charge on any atom is 0.151 e. The Kier molecular flexibility index (Phi) is 4.23. The number of hydrogen-bond acceptors (Lipinski definition) is 5. The summed E-state index contributed by atoms with van der Waals surface area (Å²) in [5, 5.41) is 12.3. The number of rotatable bonds is 3. The molecule has 0 saturated carbocycles. The van der Waals surface area contributed by atoms with Gasteiger partial charge in [0.1, 0.15) is 0 Å². The van der Waals surface area contributed by atoms with Gasteiger partial charge in [-0.1, -0.05) is 6.92 Å². The van der Waals surface area contributed by atoms with E-state index in [2.05, 4.69) is 46.4 Å². The van der Waals surface area contributed by atoms with Crippen molar-refractivity contribution < 1.29 is 0 Å². The minimum absolute atomic E-state index is 0.526. The Labute approximate surface area is 107 Å². The van der Waals surface area contributed by atoms with Crippen molar-refractivity contribution in [1.29, 1.82) is 0 Å². The lowest BCUT2D eigenvalue weighted by Gasteiger charge is -2.38. The Hall–Kier alpha value is -0.810. The van der Waals surface area contributed by atoms with Crippen LogP contribution in [0.15, 0.2) is 12.1 Å². The lowest BCUT2D eigenvalue weighted by atomic mass is 10.2. The highest BCUT2D eigenvalue weighted by atomic mass is 32.2. The molecule has 0 amide bonds. The third kappa shape index (κ3) is 2.90. The summed E-state index contributed by atoms with van der Waals surface area (Å²) in [6.07, 6.45) is 0. The molecule has 1 aromatic heterocycles. The summed E-state index contributed by atoms with van der Waals surface area (Å²) in [4.78, 5) is 2.36. The van der Waals surface area contributed by atoms with Gasteiger partial charge in [-0.05, 0) is 26.1 Å². The molecule has 0 radical (unpaired) electrons. The molecule has 2 heterocycles. The van der Waals surface area contributed by atoms with E-state index >= 15 is 0 Å². The second kappa shape index (κ2) is 5.69. The zero-order valence-corrected chi connectivity index (χ0v) is 11.5. The van der Waals surface area contributed by atoms with Crippen LogP contribution in [0.3, 0.4) is 0 Å². The van der Waals surface area contributed by atoms with E-state index in [9.17, 15) is 0 Å². The Morgan fingerprint density at radius 1 is 1.41 bits per heavy atom. The van der Waals surface area contributed by atoms with E-state index in [0.717, 1.165) is 24.6 Å². The van der Waals surface area contributed by atoms with E-state index < -0.39 is 0 Å². The first-order valence-electron chi connectivity index (χ1n) is 6.08. The van der Waals surface area contributed by atoms with Crippen LogP contribution in [0.25, 0.3) is 0 Å². The summed E-state index contributed by atoms with van der Waals surface area (Å²) in [7, 11) is 1.92. The number of hydrogen-bond donors (Lipinski definition) is 1. The predicted molar refractivity (Wildman–Crippen MR) is 73.5 cm³/mol. The molecule has 4 nitrogen and oxygen atoms in total. The van der Waals surface area contributed by atoms with Crippen molar-refractivity contribution in [2.75, 3.05) is 24.2 Å². The molecule has 2 atom stereocenters. The molecule has 0 spiro atoms. The molecule has 0 bridgehead atoms. The van der Waals surface area contributed by atoms with Gasteiger partial charge in [0.15, 0.2) is 5.82 Å². The van der Waals surface area contributed by atoms with Crippen molar-refractivity contribution in [1.82, 2.24) is 15.5 Å². The molecule has 1 saturated heterocycles. The molecule has 0 aromatic carbocycles. The molecule has 1 aliphatic rings. The second-order valence-corrected chi connectivity index (χ2v) is 5.91. The topological polar surface area (TPSA) is 41.0 Å². The van der Waals surface area contributed by atoms with Gasteiger partial charge in [-0.2, -0.15) is 16.9 Å². The Bertz CT molecular complexity index is 354. The first-order valence-corrected chi connectivity index (χ1v) is 7.12. The highest BCUT2D eigenvalue weighted by Crippen LogP contribution is 2.27. The van der Waals surface area contributed by atoms with Gasteiger partial charge in [-0.15, -0.1) is 5.10 Å². The van der Waals surface area contributed by atoms with Crippen LogP contribution in [-0.2, 0) is 6.54 Å². The molecule has 1 aliphatic heterocycles. The van der Waals surface area contributed by atoms with Crippen molar-refractivity contribution >= 4 is 17.6 Å². The fourth-order valence-corrected chi connectivity index (χ4v) is 3.14. The molecule has 17 heavy (non-hydrogen) atoms. The fourth-order valence-electron chi connectivity index (χ4n) is 2.04. The zero-order chi connectivity index (χ0) is 12.3. The largest absolute Gasteiger partial charge is 0.350 e. The van der Waals surface area contributed by atoms with Crippen LogP contribution in [0.5, 0.6) is 0 Å². The third-order valence-electron chi connectivity index (χ3n) is 3.24. The maximum atomic E-state index is 4.33. The van der Waals surface area contributed by atoms with Crippen LogP contribution in [0.4, 0.5) is 5.82 Å². The number of aromatic nitrogens is 2. The summed E-state index contributed by atoms with van der Waals surface area (Å²) < 4.78 is 0. The molecular formula is C12H20N4S. The molecule has 2 rings (SSSR count). The molecule has 94 valence electrons. The fraction of sp³-hybridized carbons (Fsp3) is 0.667. The van der Waals surface area contributed by atoms with Gasteiger partial charge in [0.05, 0.1) is 5.69 Å². The maximum absolute atomic E-state index is 4.33. The number of nitrogens with one attached hydrogen (secondary N) is 1. The summed E-state index contributed by atoms with van der Waals surface area (Å²) in [5.74, 6) is 2.18. The molecular weight excluding hydrogens is 232 g/mol. The van der Waals surface area contributed by atoms with E-state index in [0.29, 0.717) is 11.3 Å². The normalized spacial score (nSPS) is 25.0.